The first-order valence-corrected chi connectivity index (χ1v) is 13.6. The summed E-state index contributed by atoms with van der Waals surface area (Å²) in [6.07, 6.45) is 4.99. The van der Waals surface area contributed by atoms with Crippen LogP contribution in [0.4, 0.5) is 5.69 Å². The standard InChI is InChI=1S/C27H27N3O3S2/c1-3-17-8-4-6-10-21(17)28-23(31)16-34-27-29-25-24(20-9-5-7-11-22(20)35-25)26(32)30(27)18-12-14-19(33-2)15-13-18/h4,6,8,10,12-15H,3,5,7,9,11,16H2,1-2H3,(H,28,31). The monoisotopic (exact) mass is 505 g/mol. The van der Waals surface area contributed by atoms with E-state index in [0.717, 1.165) is 59.1 Å². The molecule has 8 heteroatoms. The molecule has 1 amide bonds. The molecule has 35 heavy (non-hydrogen) atoms. The Balaban J connectivity index is 1.51. The SMILES string of the molecule is CCc1ccccc1NC(=O)CSc1nc2sc3c(c2c(=O)n1-c1ccc(OC)cc1)CCCC3. The fourth-order valence-corrected chi connectivity index (χ4v) is 6.62. The Morgan fingerprint density at radius 3 is 2.69 bits per heavy atom. The van der Waals surface area contributed by atoms with Crippen molar-refractivity contribution in [1.82, 2.24) is 9.55 Å². The Kier molecular flexibility index (Phi) is 6.92. The zero-order chi connectivity index (χ0) is 24.4. The van der Waals surface area contributed by atoms with E-state index in [0.29, 0.717) is 16.6 Å². The Labute approximate surface area is 212 Å². The first-order chi connectivity index (χ1) is 17.1. The average molecular weight is 506 g/mol. The molecule has 0 spiro atoms. The number of hydrogen-bond donors (Lipinski definition) is 1. The van der Waals surface area contributed by atoms with Crippen LogP contribution in [0.5, 0.6) is 5.75 Å². The minimum absolute atomic E-state index is 0.0706. The lowest BCUT2D eigenvalue weighted by atomic mass is 9.97. The van der Waals surface area contributed by atoms with Crippen LogP contribution in [0.2, 0.25) is 0 Å². The quantitative estimate of drug-likeness (QED) is 0.260. The van der Waals surface area contributed by atoms with Crippen LogP contribution in [0.1, 0.15) is 35.8 Å². The van der Waals surface area contributed by atoms with Crippen molar-refractivity contribution in [3.63, 3.8) is 0 Å². The van der Waals surface area contributed by atoms with E-state index in [-0.39, 0.29) is 17.2 Å². The van der Waals surface area contributed by atoms with Gasteiger partial charge in [0.2, 0.25) is 5.91 Å². The van der Waals surface area contributed by atoms with Gasteiger partial charge in [0, 0.05) is 10.6 Å². The first kappa shape index (κ1) is 23.6. The molecule has 5 rings (SSSR count). The van der Waals surface area contributed by atoms with Crippen molar-refractivity contribution in [1.29, 1.82) is 0 Å². The van der Waals surface area contributed by atoms with Gasteiger partial charge in [0.25, 0.3) is 5.56 Å². The van der Waals surface area contributed by atoms with Gasteiger partial charge in [-0.05, 0) is 73.6 Å². The van der Waals surface area contributed by atoms with Gasteiger partial charge >= 0.3 is 0 Å². The lowest BCUT2D eigenvalue weighted by molar-refractivity contribution is -0.113. The van der Waals surface area contributed by atoms with Gasteiger partial charge in [-0.15, -0.1) is 11.3 Å². The highest BCUT2D eigenvalue weighted by Gasteiger charge is 2.23. The zero-order valence-electron chi connectivity index (χ0n) is 19.8. The summed E-state index contributed by atoms with van der Waals surface area (Å²) >= 11 is 2.90. The van der Waals surface area contributed by atoms with Gasteiger partial charge in [0.05, 0.1) is 23.9 Å². The number of amides is 1. The molecular formula is C27H27N3O3S2. The second kappa shape index (κ2) is 10.3. The maximum absolute atomic E-state index is 13.8. The lowest BCUT2D eigenvalue weighted by Gasteiger charge is -2.14. The highest BCUT2D eigenvalue weighted by Crippen LogP contribution is 2.35. The summed E-state index contributed by atoms with van der Waals surface area (Å²) in [5.41, 5.74) is 3.70. The molecular weight excluding hydrogens is 478 g/mol. The van der Waals surface area contributed by atoms with Crippen molar-refractivity contribution in [3.8, 4) is 11.4 Å². The number of aromatic nitrogens is 2. The molecule has 1 aliphatic rings. The summed E-state index contributed by atoms with van der Waals surface area (Å²) in [6.45, 7) is 2.06. The number of fused-ring (bicyclic) bond motifs is 3. The number of nitrogens with one attached hydrogen (secondary N) is 1. The predicted octanol–water partition coefficient (Wildman–Crippen LogP) is 5.63. The summed E-state index contributed by atoms with van der Waals surface area (Å²) in [4.78, 5) is 33.6. The van der Waals surface area contributed by atoms with Gasteiger partial charge in [0.15, 0.2) is 5.16 Å². The fourth-order valence-electron chi connectivity index (χ4n) is 4.51. The second-order valence-electron chi connectivity index (χ2n) is 8.47. The summed E-state index contributed by atoms with van der Waals surface area (Å²) < 4.78 is 6.93. The Bertz CT molecular complexity index is 1440. The number of hydrogen-bond acceptors (Lipinski definition) is 6. The van der Waals surface area contributed by atoms with Gasteiger partial charge in [-0.25, -0.2) is 4.98 Å². The van der Waals surface area contributed by atoms with Gasteiger partial charge in [-0.2, -0.15) is 0 Å². The number of carbonyl (C=O) groups excluding carboxylic acids is 1. The molecule has 2 heterocycles. The number of carbonyl (C=O) groups is 1. The molecule has 2 aromatic carbocycles. The normalized spacial score (nSPS) is 13.0. The first-order valence-electron chi connectivity index (χ1n) is 11.8. The zero-order valence-corrected chi connectivity index (χ0v) is 21.4. The number of para-hydroxylation sites is 1. The smallest absolute Gasteiger partial charge is 0.267 e. The third-order valence-corrected chi connectivity index (χ3v) is 8.42. The van der Waals surface area contributed by atoms with Crippen LogP contribution in [0.15, 0.2) is 58.5 Å². The van der Waals surface area contributed by atoms with E-state index in [1.807, 2.05) is 48.5 Å². The van der Waals surface area contributed by atoms with Crippen LogP contribution in [-0.4, -0.2) is 28.3 Å². The van der Waals surface area contributed by atoms with Crippen LogP contribution < -0.4 is 15.6 Å². The van der Waals surface area contributed by atoms with E-state index in [1.54, 1.807) is 23.0 Å². The van der Waals surface area contributed by atoms with Crippen LogP contribution in [0.3, 0.4) is 0 Å². The third-order valence-electron chi connectivity index (χ3n) is 6.29. The molecule has 2 aromatic heterocycles. The summed E-state index contributed by atoms with van der Waals surface area (Å²) in [7, 11) is 1.61. The van der Waals surface area contributed by atoms with Gasteiger partial charge in [0.1, 0.15) is 10.6 Å². The maximum atomic E-state index is 13.8. The van der Waals surface area contributed by atoms with E-state index >= 15 is 0 Å². The number of methoxy groups -OCH3 is 1. The topological polar surface area (TPSA) is 73.2 Å². The predicted molar refractivity (Wildman–Crippen MR) is 144 cm³/mol. The van der Waals surface area contributed by atoms with E-state index in [1.165, 1.54) is 16.6 Å². The van der Waals surface area contributed by atoms with Crippen LogP contribution in [0, 0.1) is 0 Å². The Morgan fingerprint density at radius 2 is 1.91 bits per heavy atom. The number of aryl methyl sites for hydroxylation is 3. The van der Waals surface area contributed by atoms with Crippen molar-refractivity contribution in [3.05, 3.63) is 74.9 Å². The Hall–Kier alpha value is -3.10. The highest BCUT2D eigenvalue weighted by molar-refractivity contribution is 7.99. The molecule has 0 fully saturated rings. The van der Waals surface area contributed by atoms with Gasteiger partial charge < -0.3 is 10.1 Å². The Morgan fingerprint density at radius 1 is 1.14 bits per heavy atom. The van der Waals surface area contributed by atoms with E-state index in [2.05, 4.69) is 12.2 Å². The molecule has 0 radical (unpaired) electrons. The molecule has 0 saturated heterocycles. The number of nitrogens with zero attached hydrogens (tertiary/aromatic N) is 2. The third kappa shape index (κ3) is 4.73. The summed E-state index contributed by atoms with van der Waals surface area (Å²) in [5, 5.41) is 4.26. The number of thiophene rings is 1. The number of ether oxygens (including phenoxy) is 1. The molecule has 1 aliphatic carbocycles. The molecule has 0 atom stereocenters. The highest BCUT2D eigenvalue weighted by atomic mass is 32.2. The number of benzene rings is 2. The van der Waals surface area contributed by atoms with Gasteiger partial charge in [-0.1, -0.05) is 36.9 Å². The van der Waals surface area contributed by atoms with E-state index in [4.69, 9.17) is 9.72 Å². The number of anilines is 1. The second-order valence-corrected chi connectivity index (χ2v) is 10.5. The molecule has 0 bridgehead atoms. The number of thioether (sulfide) groups is 1. The molecule has 0 unspecified atom stereocenters. The molecule has 1 N–H and O–H groups in total. The van der Waals surface area contributed by atoms with Crippen molar-refractivity contribution >= 4 is 44.9 Å². The summed E-state index contributed by atoms with van der Waals surface area (Å²) in [5.74, 6) is 0.737. The van der Waals surface area contributed by atoms with Crippen LogP contribution in [0.25, 0.3) is 15.9 Å². The average Bonchev–Trinajstić information content (AvgIpc) is 3.26. The van der Waals surface area contributed by atoms with Crippen molar-refractivity contribution in [2.45, 2.75) is 44.2 Å². The molecule has 4 aromatic rings. The van der Waals surface area contributed by atoms with E-state index in [9.17, 15) is 9.59 Å². The molecule has 0 saturated carbocycles. The van der Waals surface area contributed by atoms with Gasteiger partial charge in [-0.3, -0.25) is 14.2 Å². The maximum Gasteiger partial charge on any atom is 0.267 e. The minimum Gasteiger partial charge on any atom is -0.497 e. The minimum atomic E-state index is -0.128. The molecule has 6 nitrogen and oxygen atoms in total. The fraction of sp³-hybridized carbons (Fsp3) is 0.296. The number of rotatable bonds is 7. The van der Waals surface area contributed by atoms with Crippen molar-refractivity contribution in [2.24, 2.45) is 0 Å². The van der Waals surface area contributed by atoms with Crippen molar-refractivity contribution < 1.29 is 9.53 Å². The van der Waals surface area contributed by atoms with E-state index < -0.39 is 0 Å². The molecule has 180 valence electrons. The summed E-state index contributed by atoms with van der Waals surface area (Å²) in [6, 6.07) is 15.2. The van der Waals surface area contributed by atoms with Crippen LogP contribution >= 0.6 is 23.1 Å². The van der Waals surface area contributed by atoms with Crippen molar-refractivity contribution in [2.75, 3.05) is 18.2 Å². The lowest BCUT2D eigenvalue weighted by Crippen LogP contribution is -2.23. The van der Waals surface area contributed by atoms with Crippen LogP contribution in [-0.2, 0) is 24.1 Å². The molecule has 0 aliphatic heterocycles. The largest absolute Gasteiger partial charge is 0.497 e.